The zero-order valence-electron chi connectivity index (χ0n) is 21.2. The van der Waals surface area contributed by atoms with Gasteiger partial charge in [-0.3, -0.25) is 4.79 Å². The number of nitrogens with zero attached hydrogens (tertiary/aromatic N) is 3. The first kappa shape index (κ1) is 24.8. The first-order chi connectivity index (χ1) is 17.2. The van der Waals surface area contributed by atoms with E-state index in [0.717, 1.165) is 63.6 Å². The van der Waals surface area contributed by atoms with E-state index < -0.39 is 10.0 Å². The highest BCUT2D eigenvalue weighted by Crippen LogP contribution is 2.36. The Kier molecular flexibility index (Phi) is 6.80. The maximum absolute atomic E-state index is 13.6. The molecular weight excluding hydrogens is 476 g/mol. The number of morpholine rings is 1. The van der Waals surface area contributed by atoms with Crippen molar-refractivity contribution < 1.29 is 17.9 Å². The summed E-state index contributed by atoms with van der Waals surface area (Å²) in [6.45, 7) is 7.07. The Labute approximate surface area is 212 Å². The van der Waals surface area contributed by atoms with Crippen molar-refractivity contribution in [1.29, 1.82) is 0 Å². The second-order valence-corrected chi connectivity index (χ2v) is 12.0. The quantitative estimate of drug-likeness (QED) is 0.548. The van der Waals surface area contributed by atoms with E-state index >= 15 is 0 Å². The van der Waals surface area contributed by atoms with Crippen molar-refractivity contribution in [2.75, 3.05) is 51.3 Å². The van der Waals surface area contributed by atoms with Crippen molar-refractivity contribution >= 4 is 32.5 Å². The summed E-state index contributed by atoms with van der Waals surface area (Å²) >= 11 is 0. The summed E-state index contributed by atoms with van der Waals surface area (Å²) in [5, 5.41) is 1.08. The van der Waals surface area contributed by atoms with Gasteiger partial charge in [0.1, 0.15) is 0 Å². The van der Waals surface area contributed by atoms with Crippen LogP contribution in [0.3, 0.4) is 0 Å². The molecule has 8 nitrogen and oxygen atoms in total. The van der Waals surface area contributed by atoms with Crippen molar-refractivity contribution in [2.24, 2.45) is 0 Å². The number of rotatable bonds is 6. The van der Waals surface area contributed by atoms with Crippen LogP contribution in [0.2, 0.25) is 0 Å². The van der Waals surface area contributed by atoms with Crippen LogP contribution in [-0.4, -0.2) is 81.0 Å². The van der Waals surface area contributed by atoms with Gasteiger partial charge in [-0.1, -0.05) is 12.1 Å². The fourth-order valence-electron chi connectivity index (χ4n) is 5.16. The summed E-state index contributed by atoms with van der Waals surface area (Å²) in [4.78, 5) is 20.6. The molecule has 0 saturated carbocycles. The first-order valence-electron chi connectivity index (χ1n) is 12.6. The molecule has 5 rings (SSSR count). The Balaban J connectivity index is 1.49. The van der Waals surface area contributed by atoms with Crippen molar-refractivity contribution in [3.8, 4) is 11.3 Å². The number of hydrogen-bond acceptors (Lipinski definition) is 5. The number of H-pyrrole nitrogens is 1. The maximum Gasteiger partial charge on any atom is 0.243 e. The van der Waals surface area contributed by atoms with E-state index in [1.165, 1.54) is 7.05 Å². The van der Waals surface area contributed by atoms with Gasteiger partial charge < -0.3 is 19.5 Å². The number of likely N-dealkylation sites (N-methyl/N-ethyl adjacent to an activating group) is 1. The molecule has 2 aliphatic rings. The number of fused-ring (bicyclic) bond motifs is 1. The van der Waals surface area contributed by atoms with Gasteiger partial charge in [-0.15, -0.1) is 0 Å². The second kappa shape index (κ2) is 9.88. The minimum absolute atomic E-state index is 0.0700. The molecule has 1 amide bonds. The number of anilines is 1. The van der Waals surface area contributed by atoms with Gasteiger partial charge in [0.05, 0.1) is 30.7 Å². The molecule has 2 aromatic carbocycles. The van der Waals surface area contributed by atoms with Gasteiger partial charge in [0, 0.05) is 54.5 Å². The third-order valence-electron chi connectivity index (χ3n) is 7.24. The fraction of sp³-hybridized carbons (Fsp3) is 0.444. The largest absolute Gasteiger partial charge is 0.377 e. The third-order valence-corrected chi connectivity index (χ3v) is 9.04. The van der Waals surface area contributed by atoms with Crippen LogP contribution in [0.15, 0.2) is 47.4 Å². The molecule has 0 radical (unpaired) electrons. The van der Waals surface area contributed by atoms with Gasteiger partial charge in [-0.05, 0) is 62.6 Å². The Morgan fingerprint density at radius 2 is 1.89 bits per heavy atom. The average molecular weight is 511 g/mol. The number of sulfonamides is 1. The number of amides is 1. The highest BCUT2D eigenvalue weighted by molar-refractivity contribution is 7.89. The summed E-state index contributed by atoms with van der Waals surface area (Å²) in [6, 6.07) is 13.6. The molecular formula is C27H34N4O4S. The third kappa shape index (κ3) is 4.75. The molecule has 2 aliphatic heterocycles. The van der Waals surface area contributed by atoms with Gasteiger partial charge in [0.15, 0.2) is 0 Å². The normalized spacial score (nSPS) is 18.9. The number of aryl methyl sites for hydroxylation is 1. The summed E-state index contributed by atoms with van der Waals surface area (Å²) in [7, 11) is -2.41. The molecule has 3 aromatic rings. The topological polar surface area (TPSA) is 85.9 Å². The Morgan fingerprint density at radius 3 is 2.64 bits per heavy atom. The fourth-order valence-corrected chi connectivity index (χ4v) is 6.30. The molecule has 2 fully saturated rings. The Morgan fingerprint density at radius 1 is 1.11 bits per heavy atom. The Hall–Kier alpha value is -2.88. The van der Waals surface area contributed by atoms with Crippen molar-refractivity contribution in [3.05, 3.63) is 48.0 Å². The van der Waals surface area contributed by atoms with Crippen molar-refractivity contribution in [2.45, 2.75) is 37.6 Å². The van der Waals surface area contributed by atoms with Gasteiger partial charge in [-0.25, -0.2) is 8.42 Å². The van der Waals surface area contributed by atoms with Crippen LogP contribution in [0.4, 0.5) is 5.69 Å². The molecule has 0 aliphatic carbocycles. The number of carbonyl (C=O) groups is 1. The number of aromatic nitrogens is 1. The van der Waals surface area contributed by atoms with E-state index in [1.807, 2.05) is 13.0 Å². The molecule has 192 valence electrons. The number of hydrogen-bond donors (Lipinski definition) is 1. The van der Waals surface area contributed by atoms with Crippen LogP contribution in [0.5, 0.6) is 0 Å². The summed E-state index contributed by atoms with van der Waals surface area (Å²) < 4.78 is 33.7. The van der Waals surface area contributed by atoms with E-state index in [2.05, 4.69) is 41.1 Å². The molecule has 1 atom stereocenters. The first-order valence-corrected chi connectivity index (χ1v) is 14.0. The van der Waals surface area contributed by atoms with Crippen LogP contribution < -0.4 is 4.90 Å². The van der Waals surface area contributed by atoms with Gasteiger partial charge in [-0.2, -0.15) is 4.31 Å². The number of nitrogens with one attached hydrogen (secondary N) is 1. The van der Waals surface area contributed by atoms with Gasteiger partial charge >= 0.3 is 0 Å². The molecule has 0 bridgehead atoms. The van der Waals surface area contributed by atoms with Crippen molar-refractivity contribution in [1.82, 2.24) is 14.2 Å². The van der Waals surface area contributed by atoms with E-state index in [0.29, 0.717) is 19.8 Å². The molecule has 1 N–H and O–H groups in total. The molecule has 9 heteroatoms. The summed E-state index contributed by atoms with van der Waals surface area (Å²) in [6.07, 6.45) is 2.24. The number of aromatic amines is 1. The van der Waals surface area contributed by atoms with Crippen LogP contribution in [0.25, 0.3) is 22.2 Å². The monoisotopic (exact) mass is 510 g/mol. The zero-order valence-corrected chi connectivity index (χ0v) is 22.0. The van der Waals surface area contributed by atoms with Gasteiger partial charge in [0.25, 0.3) is 0 Å². The number of ether oxygens (including phenoxy) is 1. The van der Waals surface area contributed by atoms with Crippen LogP contribution >= 0.6 is 0 Å². The zero-order chi connectivity index (χ0) is 25.4. The summed E-state index contributed by atoms with van der Waals surface area (Å²) in [5.74, 6) is -0.211. The standard InChI is InChI=1S/C27H34N4O4S/c1-19-6-7-21-15-25(28-24(21)14-19)23-16-22(8-9-26(23)30-10-4-5-11-30)36(33,34)29(3)17-27(32)31-12-13-35-18-20(31)2/h6-9,14-16,20,28H,4-5,10-13,17-18H2,1-3H3. The lowest BCUT2D eigenvalue weighted by Gasteiger charge is -2.34. The van der Waals surface area contributed by atoms with Crippen molar-refractivity contribution in [3.63, 3.8) is 0 Å². The minimum Gasteiger partial charge on any atom is -0.377 e. The summed E-state index contributed by atoms with van der Waals surface area (Å²) in [5.41, 5.74) is 4.94. The average Bonchev–Trinajstić information content (AvgIpc) is 3.53. The lowest BCUT2D eigenvalue weighted by Crippen LogP contribution is -2.50. The molecule has 2 saturated heterocycles. The number of carbonyl (C=O) groups excluding carboxylic acids is 1. The lowest BCUT2D eigenvalue weighted by molar-refractivity contribution is -0.139. The van der Waals surface area contributed by atoms with Gasteiger partial charge in [0.2, 0.25) is 15.9 Å². The highest BCUT2D eigenvalue weighted by Gasteiger charge is 2.30. The van der Waals surface area contributed by atoms with E-state index in [4.69, 9.17) is 4.74 Å². The second-order valence-electron chi connectivity index (χ2n) is 9.92. The molecule has 1 unspecified atom stereocenters. The van der Waals surface area contributed by atoms with Crippen LogP contribution in [-0.2, 0) is 19.6 Å². The highest BCUT2D eigenvalue weighted by atomic mass is 32.2. The molecule has 3 heterocycles. The van der Waals surface area contributed by atoms with E-state index in [1.54, 1.807) is 17.0 Å². The molecule has 36 heavy (non-hydrogen) atoms. The molecule has 1 aromatic heterocycles. The van der Waals surface area contributed by atoms with Crippen LogP contribution in [0, 0.1) is 6.92 Å². The molecule has 0 spiro atoms. The van der Waals surface area contributed by atoms with E-state index in [-0.39, 0.29) is 23.4 Å². The minimum atomic E-state index is -3.88. The Bertz CT molecular complexity index is 1380. The smallest absolute Gasteiger partial charge is 0.243 e. The predicted molar refractivity (Wildman–Crippen MR) is 142 cm³/mol. The lowest BCUT2D eigenvalue weighted by atomic mass is 10.1. The van der Waals surface area contributed by atoms with E-state index in [9.17, 15) is 13.2 Å². The predicted octanol–water partition coefficient (Wildman–Crippen LogP) is 3.61. The maximum atomic E-state index is 13.6. The number of benzene rings is 2. The SMILES string of the molecule is Cc1ccc2cc(-c3cc(S(=O)(=O)N(C)CC(=O)N4CCOCC4C)ccc3N3CCCC3)[nH]c2c1. The van der Waals surface area contributed by atoms with Crippen LogP contribution in [0.1, 0.15) is 25.3 Å².